The molecule has 1 atom stereocenters. The lowest BCUT2D eigenvalue weighted by atomic mass is 10.2. The standard InChI is InChI=1S/C14H17N2O2P/c15-19(17,18)16(11-13-7-3-1-4-8-13)12-14-9-5-2-6-10-14/h1-10H,11-12H2,(H3,15,17,18). The maximum absolute atomic E-state index is 11.8. The lowest BCUT2D eigenvalue weighted by molar-refractivity contribution is 0.335. The summed E-state index contributed by atoms with van der Waals surface area (Å²) in [6.45, 7) is 0.694. The van der Waals surface area contributed by atoms with Gasteiger partial charge in [0.25, 0.3) is 0 Å². The van der Waals surface area contributed by atoms with Gasteiger partial charge in [-0.15, -0.1) is 0 Å². The third-order valence-electron chi connectivity index (χ3n) is 2.82. The molecule has 0 aliphatic carbocycles. The third kappa shape index (κ3) is 4.30. The maximum atomic E-state index is 11.8. The van der Waals surface area contributed by atoms with Crippen LogP contribution in [0.1, 0.15) is 11.1 Å². The van der Waals surface area contributed by atoms with Crippen LogP contribution in [0.5, 0.6) is 0 Å². The van der Waals surface area contributed by atoms with Gasteiger partial charge in [0, 0.05) is 13.1 Å². The zero-order chi connectivity index (χ0) is 13.7. The minimum atomic E-state index is -3.77. The molecule has 2 aromatic rings. The summed E-state index contributed by atoms with van der Waals surface area (Å²) in [6, 6.07) is 19.0. The molecule has 1 unspecified atom stereocenters. The zero-order valence-electron chi connectivity index (χ0n) is 10.5. The molecule has 2 rings (SSSR count). The Labute approximate surface area is 113 Å². The first kappa shape index (κ1) is 14.0. The molecule has 0 aliphatic rings. The van der Waals surface area contributed by atoms with E-state index in [2.05, 4.69) is 0 Å². The summed E-state index contributed by atoms with van der Waals surface area (Å²) in [5.41, 5.74) is 7.33. The fourth-order valence-corrected chi connectivity index (χ4v) is 2.58. The first-order valence-electron chi connectivity index (χ1n) is 6.00. The highest BCUT2D eigenvalue weighted by molar-refractivity contribution is 7.52. The van der Waals surface area contributed by atoms with E-state index >= 15 is 0 Å². The predicted octanol–water partition coefficient (Wildman–Crippen LogP) is 2.75. The molecule has 0 heterocycles. The Hall–Kier alpha value is -1.45. The van der Waals surface area contributed by atoms with Gasteiger partial charge in [-0.1, -0.05) is 60.7 Å². The van der Waals surface area contributed by atoms with Crippen LogP contribution in [-0.4, -0.2) is 9.56 Å². The molecule has 0 aliphatic heterocycles. The van der Waals surface area contributed by atoms with Gasteiger partial charge in [-0.05, 0) is 11.1 Å². The van der Waals surface area contributed by atoms with Crippen molar-refractivity contribution in [2.24, 2.45) is 5.50 Å². The normalized spacial score (nSPS) is 14.3. The largest absolute Gasteiger partial charge is 0.338 e. The van der Waals surface area contributed by atoms with Crippen LogP contribution in [-0.2, 0) is 17.7 Å². The highest BCUT2D eigenvalue weighted by atomic mass is 31.2. The lowest BCUT2D eigenvalue weighted by Gasteiger charge is -2.24. The van der Waals surface area contributed by atoms with Crippen molar-refractivity contribution in [3.05, 3.63) is 71.8 Å². The van der Waals surface area contributed by atoms with Gasteiger partial charge < -0.3 is 4.89 Å². The highest BCUT2D eigenvalue weighted by Crippen LogP contribution is 2.38. The van der Waals surface area contributed by atoms with E-state index in [9.17, 15) is 9.46 Å². The molecule has 5 heteroatoms. The van der Waals surface area contributed by atoms with Gasteiger partial charge in [0.05, 0.1) is 0 Å². The van der Waals surface area contributed by atoms with Crippen molar-refractivity contribution in [3.8, 4) is 0 Å². The number of hydrogen-bond donors (Lipinski definition) is 2. The Kier molecular flexibility index (Phi) is 4.51. The SMILES string of the molecule is NP(=O)(O)N(Cc1ccccc1)Cc1ccccc1. The van der Waals surface area contributed by atoms with Crippen molar-refractivity contribution < 1.29 is 9.46 Å². The van der Waals surface area contributed by atoms with Crippen molar-refractivity contribution >= 4 is 7.67 Å². The Morgan fingerprint density at radius 3 is 1.58 bits per heavy atom. The van der Waals surface area contributed by atoms with Crippen LogP contribution in [0.3, 0.4) is 0 Å². The van der Waals surface area contributed by atoms with E-state index in [-0.39, 0.29) is 0 Å². The molecule has 0 saturated carbocycles. The Morgan fingerprint density at radius 1 is 0.895 bits per heavy atom. The summed E-state index contributed by atoms with van der Waals surface area (Å²) in [5.74, 6) is 0. The second-order valence-corrected chi connectivity index (χ2v) is 6.13. The smallest absolute Gasteiger partial charge is 0.322 e. The number of nitrogens with zero attached hydrogens (tertiary/aromatic N) is 1. The van der Waals surface area contributed by atoms with E-state index in [1.807, 2.05) is 60.7 Å². The average Bonchev–Trinajstić information content (AvgIpc) is 2.39. The molecule has 4 nitrogen and oxygen atoms in total. The second-order valence-electron chi connectivity index (χ2n) is 4.38. The molecule has 19 heavy (non-hydrogen) atoms. The van der Waals surface area contributed by atoms with Crippen LogP contribution in [0, 0.1) is 0 Å². The van der Waals surface area contributed by atoms with E-state index in [0.717, 1.165) is 11.1 Å². The number of rotatable bonds is 5. The summed E-state index contributed by atoms with van der Waals surface area (Å²) in [5, 5.41) is 0. The van der Waals surface area contributed by atoms with Crippen molar-refractivity contribution in [2.75, 3.05) is 0 Å². The van der Waals surface area contributed by atoms with Gasteiger partial charge in [-0.2, -0.15) is 0 Å². The molecule has 100 valence electrons. The van der Waals surface area contributed by atoms with Crippen molar-refractivity contribution in [2.45, 2.75) is 13.1 Å². The van der Waals surface area contributed by atoms with E-state index in [0.29, 0.717) is 13.1 Å². The van der Waals surface area contributed by atoms with Gasteiger partial charge in [-0.3, -0.25) is 4.57 Å². The quantitative estimate of drug-likeness (QED) is 0.824. The maximum Gasteiger partial charge on any atom is 0.338 e. The van der Waals surface area contributed by atoms with Crippen LogP contribution in [0.15, 0.2) is 60.7 Å². The average molecular weight is 276 g/mol. The van der Waals surface area contributed by atoms with Gasteiger partial charge in [-0.25, -0.2) is 10.2 Å². The van der Waals surface area contributed by atoms with Crippen LogP contribution < -0.4 is 5.50 Å². The number of nitrogens with two attached hydrogens (primary N) is 1. The molecule has 0 saturated heterocycles. The van der Waals surface area contributed by atoms with E-state index in [1.165, 1.54) is 4.67 Å². The minimum Gasteiger partial charge on any atom is -0.322 e. The minimum absolute atomic E-state index is 0.347. The molecular formula is C14H17N2O2P. The van der Waals surface area contributed by atoms with Gasteiger partial charge in [0.2, 0.25) is 0 Å². The molecule has 2 aromatic carbocycles. The summed E-state index contributed by atoms with van der Waals surface area (Å²) in [7, 11) is -3.77. The first-order chi connectivity index (χ1) is 9.05. The topological polar surface area (TPSA) is 66.6 Å². The Morgan fingerprint density at radius 2 is 1.26 bits per heavy atom. The van der Waals surface area contributed by atoms with Crippen LogP contribution in [0.25, 0.3) is 0 Å². The molecule has 3 N–H and O–H groups in total. The summed E-state index contributed by atoms with van der Waals surface area (Å²) >= 11 is 0. The highest BCUT2D eigenvalue weighted by Gasteiger charge is 2.23. The summed E-state index contributed by atoms with van der Waals surface area (Å²) in [6.07, 6.45) is 0. The molecule has 0 fully saturated rings. The van der Waals surface area contributed by atoms with Gasteiger partial charge in [0.1, 0.15) is 0 Å². The van der Waals surface area contributed by atoms with Crippen LogP contribution in [0.2, 0.25) is 0 Å². The monoisotopic (exact) mass is 276 g/mol. The van der Waals surface area contributed by atoms with Gasteiger partial charge >= 0.3 is 7.67 Å². The van der Waals surface area contributed by atoms with Crippen LogP contribution >= 0.6 is 7.67 Å². The molecule has 0 radical (unpaired) electrons. The zero-order valence-corrected chi connectivity index (χ0v) is 11.4. The van der Waals surface area contributed by atoms with E-state index < -0.39 is 7.67 Å². The third-order valence-corrected chi connectivity index (χ3v) is 3.91. The lowest BCUT2D eigenvalue weighted by Crippen LogP contribution is -2.23. The first-order valence-corrected chi connectivity index (χ1v) is 7.68. The van der Waals surface area contributed by atoms with Crippen molar-refractivity contribution in [1.82, 2.24) is 4.67 Å². The summed E-state index contributed by atoms with van der Waals surface area (Å²) in [4.78, 5) is 9.66. The fraction of sp³-hybridized carbons (Fsp3) is 0.143. The summed E-state index contributed by atoms with van der Waals surface area (Å²) < 4.78 is 13.2. The molecular weight excluding hydrogens is 259 g/mol. The molecule has 0 spiro atoms. The Balaban J connectivity index is 2.16. The molecule has 0 bridgehead atoms. The number of hydrogen-bond acceptors (Lipinski definition) is 1. The van der Waals surface area contributed by atoms with E-state index in [1.54, 1.807) is 0 Å². The predicted molar refractivity (Wildman–Crippen MR) is 76.1 cm³/mol. The Bertz CT molecular complexity index is 513. The van der Waals surface area contributed by atoms with Crippen LogP contribution in [0.4, 0.5) is 0 Å². The molecule has 0 amide bonds. The second kappa shape index (κ2) is 6.13. The van der Waals surface area contributed by atoms with E-state index in [4.69, 9.17) is 5.50 Å². The number of benzene rings is 2. The van der Waals surface area contributed by atoms with Crippen molar-refractivity contribution in [1.29, 1.82) is 0 Å². The fourth-order valence-electron chi connectivity index (χ4n) is 1.85. The van der Waals surface area contributed by atoms with Gasteiger partial charge in [0.15, 0.2) is 0 Å². The van der Waals surface area contributed by atoms with Crippen molar-refractivity contribution in [3.63, 3.8) is 0 Å². The molecule has 0 aromatic heterocycles.